The van der Waals surface area contributed by atoms with Crippen molar-refractivity contribution in [1.29, 1.82) is 0 Å². The zero-order valence-corrected chi connectivity index (χ0v) is 32.2. The van der Waals surface area contributed by atoms with E-state index in [-0.39, 0.29) is 5.66 Å². The van der Waals surface area contributed by atoms with Crippen LogP contribution in [0.25, 0.3) is 0 Å². The minimum atomic E-state index is -2.84. The van der Waals surface area contributed by atoms with Gasteiger partial charge in [-0.15, -0.1) is 0 Å². The van der Waals surface area contributed by atoms with Crippen LogP contribution in [0.1, 0.15) is 59.3 Å². The summed E-state index contributed by atoms with van der Waals surface area (Å²) in [5, 5.41) is 2.42. The maximum atomic E-state index is 16.2. The van der Waals surface area contributed by atoms with Gasteiger partial charge >= 0.3 is 245 Å². The molecule has 0 fully saturated rings. The first-order chi connectivity index (χ1) is 17.8. The third kappa shape index (κ3) is 9.49. The van der Waals surface area contributed by atoms with E-state index in [1.54, 1.807) is 3.58 Å². The molecule has 2 aromatic carbocycles. The number of hydrogen-bond donors (Lipinski definition) is 0. The number of rotatable bonds is 17. The molecule has 0 saturated carbocycles. The van der Waals surface area contributed by atoms with Crippen LogP contribution < -0.4 is 14.2 Å². The van der Waals surface area contributed by atoms with Gasteiger partial charge in [0.1, 0.15) is 0 Å². The molecule has 38 heavy (non-hydrogen) atoms. The Hall–Kier alpha value is -0.0975. The molecule has 0 spiro atoms. The predicted molar refractivity (Wildman–Crippen MR) is 184 cm³/mol. The van der Waals surface area contributed by atoms with E-state index in [0.29, 0.717) is 0 Å². The van der Waals surface area contributed by atoms with Gasteiger partial charge in [0.25, 0.3) is 0 Å². The summed E-state index contributed by atoms with van der Waals surface area (Å²) in [7, 11) is -5.75. The maximum absolute atomic E-state index is 16.2. The van der Waals surface area contributed by atoms with Gasteiger partial charge in [0.05, 0.1) is 0 Å². The molecule has 5 heteroatoms. The van der Waals surface area contributed by atoms with Crippen molar-refractivity contribution in [3.05, 3.63) is 54.6 Å². The summed E-state index contributed by atoms with van der Waals surface area (Å²) in [6.45, 7) is 22.0. The molecule has 1 nitrogen and oxygen atoms in total. The van der Waals surface area contributed by atoms with Crippen molar-refractivity contribution in [3.8, 4) is 0 Å². The molecule has 0 aliphatic carbocycles. The molecule has 1 atom stereocenters. The molecule has 214 valence electrons. The van der Waals surface area contributed by atoms with Crippen LogP contribution in [0, 0.1) is 0 Å². The summed E-state index contributed by atoms with van der Waals surface area (Å²) in [4.78, 5) is 0. The Balaban J connectivity index is 2.93. The normalized spacial score (nSPS) is 14.6. The minimum absolute atomic E-state index is 0.261. The van der Waals surface area contributed by atoms with Crippen molar-refractivity contribution in [2.24, 2.45) is 0 Å². The van der Waals surface area contributed by atoms with Crippen molar-refractivity contribution in [2.75, 3.05) is 0 Å². The number of unbranched alkanes of at least 4 members (excludes halogenated alkanes) is 3. The van der Waals surface area contributed by atoms with E-state index in [4.69, 9.17) is 0 Å². The summed E-state index contributed by atoms with van der Waals surface area (Å²) in [6, 6.07) is 22.4. The van der Waals surface area contributed by atoms with Crippen LogP contribution in [0.15, 0.2) is 54.6 Å². The van der Waals surface area contributed by atoms with Crippen molar-refractivity contribution in [2.45, 2.75) is 130 Å². The molecule has 0 aromatic heterocycles. The van der Waals surface area contributed by atoms with Crippen LogP contribution in [0.2, 0.25) is 64.7 Å². The zero-order valence-electron chi connectivity index (χ0n) is 26.4. The molecule has 0 radical (unpaired) electrons. The van der Waals surface area contributed by atoms with Gasteiger partial charge in [-0.1, -0.05) is 0 Å². The van der Waals surface area contributed by atoms with Gasteiger partial charge in [0.15, 0.2) is 0 Å². The number of hydrogen-bond acceptors (Lipinski definition) is 1. The van der Waals surface area contributed by atoms with Crippen LogP contribution in [-0.4, -0.2) is 40.2 Å². The van der Waals surface area contributed by atoms with Crippen LogP contribution in [-0.2, 0) is 4.57 Å². The summed E-state index contributed by atoms with van der Waals surface area (Å²) in [6.07, 6.45) is 7.80. The van der Waals surface area contributed by atoms with E-state index in [9.17, 15) is 0 Å². The second kappa shape index (κ2) is 15.2. The molecular formula is C33H59OPSi2Sn. The number of benzene rings is 2. The Morgan fingerprint density at radius 2 is 1.08 bits per heavy atom. The van der Waals surface area contributed by atoms with Crippen molar-refractivity contribution < 1.29 is 4.57 Å². The molecule has 0 aliphatic rings. The Kier molecular flexibility index (Phi) is 13.7. The van der Waals surface area contributed by atoms with Gasteiger partial charge in [0.2, 0.25) is 0 Å². The van der Waals surface area contributed by atoms with E-state index in [2.05, 4.69) is 115 Å². The molecule has 0 saturated heterocycles. The standard InChI is InChI=1S/C21H32OPSi2.3C4H9.Sn/c1-24(2,3)17-21(18-25(4,5)6)23(22,19-13-9-7-10-14-19)20-15-11-8-12-16-20;3*1-3-4-2;/h7-15,21H,17-18H2,1-6H3;3*1,3-4H2,2H3;. The van der Waals surface area contributed by atoms with Crippen molar-refractivity contribution in [3.63, 3.8) is 0 Å². The Bertz CT molecular complexity index is 972. The zero-order chi connectivity index (χ0) is 28.5. The van der Waals surface area contributed by atoms with Gasteiger partial charge in [-0.05, 0) is 0 Å². The van der Waals surface area contributed by atoms with E-state index in [1.165, 1.54) is 57.1 Å². The summed E-state index contributed by atoms with van der Waals surface area (Å²) in [5.74, 6) is 0. The third-order valence-corrected chi connectivity index (χ3v) is 32.2. The van der Waals surface area contributed by atoms with E-state index in [0.717, 1.165) is 17.4 Å². The first kappa shape index (κ1) is 34.1. The molecule has 1 unspecified atom stereocenters. The first-order valence-electron chi connectivity index (χ1n) is 15.6. The van der Waals surface area contributed by atoms with Crippen molar-refractivity contribution in [1.82, 2.24) is 0 Å². The predicted octanol–water partition coefficient (Wildman–Crippen LogP) is 10.1. The van der Waals surface area contributed by atoms with E-state index < -0.39 is 41.7 Å². The van der Waals surface area contributed by atoms with Crippen LogP contribution in [0.5, 0.6) is 0 Å². The molecule has 0 heterocycles. The summed E-state index contributed by atoms with van der Waals surface area (Å²) in [5.41, 5.74) is 0.261. The third-order valence-electron chi connectivity index (χ3n) is 8.21. The molecule has 0 amide bonds. The SMILES string of the molecule is CCC[CH2][Sn]([CH2]CCC)([CH2]CCC)[c]1ccccc1P(=O)(c1ccccc1)C(C[Si](C)(C)C)C[Si](C)(C)C. The monoisotopic (exact) mass is 678 g/mol. The average Bonchev–Trinajstić information content (AvgIpc) is 2.86. The van der Waals surface area contributed by atoms with Crippen LogP contribution >= 0.6 is 7.14 Å². The second-order valence-corrected chi connectivity index (χ2v) is 41.5. The molecule has 2 aromatic rings. The topological polar surface area (TPSA) is 17.1 Å². The Labute approximate surface area is 243 Å². The fourth-order valence-corrected chi connectivity index (χ4v) is 37.0. The summed E-state index contributed by atoms with van der Waals surface area (Å²) >= 11 is -2.83. The van der Waals surface area contributed by atoms with Gasteiger partial charge < -0.3 is 0 Å². The van der Waals surface area contributed by atoms with Crippen LogP contribution in [0.4, 0.5) is 0 Å². The molecule has 0 bridgehead atoms. The van der Waals surface area contributed by atoms with Crippen LogP contribution in [0.3, 0.4) is 0 Å². The van der Waals surface area contributed by atoms with E-state index >= 15 is 4.57 Å². The van der Waals surface area contributed by atoms with Gasteiger partial charge in [0, 0.05) is 0 Å². The summed E-state index contributed by atoms with van der Waals surface area (Å²) < 4.78 is 22.1. The second-order valence-electron chi connectivity index (χ2n) is 14.3. The Morgan fingerprint density at radius 3 is 1.50 bits per heavy atom. The Morgan fingerprint density at radius 1 is 0.658 bits per heavy atom. The molecule has 0 N–H and O–H groups in total. The van der Waals surface area contributed by atoms with Crippen molar-refractivity contribution >= 4 is 55.9 Å². The first-order valence-corrected chi connectivity index (χ1v) is 32.3. The van der Waals surface area contributed by atoms with Gasteiger partial charge in [-0.25, -0.2) is 0 Å². The fraction of sp³-hybridized carbons (Fsp3) is 0.636. The fourth-order valence-electron chi connectivity index (χ4n) is 6.48. The van der Waals surface area contributed by atoms with E-state index in [1.807, 2.05) is 0 Å². The molecule has 0 aliphatic heterocycles. The average molecular weight is 678 g/mol. The quantitative estimate of drug-likeness (QED) is 0.120. The molecular weight excluding hydrogens is 618 g/mol. The van der Waals surface area contributed by atoms with Gasteiger partial charge in [-0.3, -0.25) is 0 Å². The van der Waals surface area contributed by atoms with Gasteiger partial charge in [-0.2, -0.15) is 0 Å². The molecule has 2 rings (SSSR count).